The van der Waals surface area contributed by atoms with Gasteiger partial charge in [-0.2, -0.15) is 4.31 Å². The van der Waals surface area contributed by atoms with E-state index < -0.39 is 10.0 Å². The van der Waals surface area contributed by atoms with Gasteiger partial charge in [-0.1, -0.05) is 24.3 Å². The van der Waals surface area contributed by atoms with Crippen molar-refractivity contribution in [3.63, 3.8) is 0 Å². The second-order valence-corrected chi connectivity index (χ2v) is 9.74. The van der Waals surface area contributed by atoms with Crippen molar-refractivity contribution in [2.45, 2.75) is 18.2 Å². The maximum absolute atomic E-state index is 13.0. The second kappa shape index (κ2) is 9.13. The molecule has 1 aliphatic heterocycles. The molecule has 0 bridgehead atoms. The molecule has 1 fully saturated rings. The van der Waals surface area contributed by atoms with E-state index in [2.05, 4.69) is 10.3 Å². The third kappa shape index (κ3) is 4.53. The van der Waals surface area contributed by atoms with Crippen LogP contribution in [0.2, 0.25) is 0 Å². The smallest absolute Gasteiger partial charge is 0.251 e. The molecule has 168 valence electrons. The molecule has 1 aromatic heterocycles. The largest absolute Gasteiger partial charge is 0.361 e. The van der Waals surface area contributed by atoms with Crippen molar-refractivity contribution in [3.8, 4) is 0 Å². The highest BCUT2D eigenvalue weighted by Crippen LogP contribution is 2.20. The van der Waals surface area contributed by atoms with Crippen molar-refractivity contribution in [1.29, 1.82) is 0 Å². The summed E-state index contributed by atoms with van der Waals surface area (Å²) in [6, 6.07) is 14.1. The molecule has 2 N–H and O–H groups in total. The molecule has 9 heteroatoms. The molecule has 2 aromatic carbocycles. The third-order valence-corrected chi connectivity index (χ3v) is 7.67. The van der Waals surface area contributed by atoms with E-state index in [9.17, 15) is 18.0 Å². The van der Waals surface area contributed by atoms with Crippen LogP contribution in [-0.2, 0) is 21.2 Å². The number of amides is 2. The lowest BCUT2D eigenvalue weighted by Crippen LogP contribution is -2.49. The first-order chi connectivity index (χ1) is 15.4. The molecule has 2 amide bonds. The third-order valence-electron chi connectivity index (χ3n) is 5.77. The Bertz CT molecular complexity index is 1240. The molecular formula is C23H26N4O4S. The first-order valence-electron chi connectivity index (χ1n) is 10.5. The number of aromatic nitrogens is 1. The van der Waals surface area contributed by atoms with Gasteiger partial charge in [-0.25, -0.2) is 8.42 Å². The fourth-order valence-corrected chi connectivity index (χ4v) is 5.41. The molecule has 0 unspecified atom stereocenters. The van der Waals surface area contributed by atoms with Crippen molar-refractivity contribution in [1.82, 2.24) is 19.5 Å². The van der Waals surface area contributed by atoms with Crippen LogP contribution in [0, 0.1) is 0 Å². The van der Waals surface area contributed by atoms with E-state index in [0.717, 1.165) is 16.5 Å². The van der Waals surface area contributed by atoms with Crippen LogP contribution in [0.15, 0.2) is 59.6 Å². The van der Waals surface area contributed by atoms with Gasteiger partial charge in [0.2, 0.25) is 15.9 Å². The lowest BCUT2D eigenvalue weighted by atomic mass is 10.1. The van der Waals surface area contributed by atoms with E-state index >= 15 is 0 Å². The Morgan fingerprint density at radius 3 is 2.53 bits per heavy atom. The predicted molar refractivity (Wildman–Crippen MR) is 122 cm³/mol. The average Bonchev–Trinajstić information content (AvgIpc) is 3.22. The van der Waals surface area contributed by atoms with Gasteiger partial charge in [-0.05, 0) is 36.2 Å². The van der Waals surface area contributed by atoms with Gasteiger partial charge in [0, 0.05) is 62.3 Å². The lowest BCUT2D eigenvalue weighted by Gasteiger charge is -2.33. The Hall–Kier alpha value is -3.17. The highest BCUT2D eigenvalue weighted by molar-refractivity contribution is 7.89. The first kappa shape index (κ1) is 22.0. The highest BCUT2D eigenvalue weighted by Gasteiger charge is 2.29. The van der Waals surface area contributed by atoms with E-state index in [0.29, 0.717) is 31.6 Å². The topological polar surface area (TPSA) is 103 Å². The molecule has 1 aliphatic rings. The zero-order chi connectivity index (χ0) is 22.7. The summed E-state index contributed by atoms with van der Waals surface area (Å²) in [4.78, 5) is 29.0. The number of fused-ring (bicyclic) bond motifs is 1. The number of hydrogen-bond donors (Lipinski definition) is 2. The van der Waals surface area contributed by atoms with Gasteiger partial charge in [-0.15, -0.1) is 0 Å². The number of sulfonamides is 1. The van der Waals surface area contributed by atoms with Gasteiger partial charge in [0.15, 0.2) is 0 Å². The normalized spacial score (nSPS) is 15.1. The lowest BCUT2D eigenvalue weighted by molar-refractivity contribution is -0.129. The van der Waals surface area contributed by atoms with Gasteiger partial charge < -0.3 is 15.2 Å². The van der Waals surface area contributed by atoms with Gasteiger partial charge in [-0.3, -0.25) is 9.59 Å². The van der Waals surface area contributed by atoms with Crippen molar-refractivity contribution in [2.75, 3.05) is 32.7 Å². The average molecular weight is 455 g/mol. The standard InChI is InChI=1S/C23H26N4O4S/c1-17(28)26-11-13-27(14-12-26)32(30,31)20-6-4-5-18(15-20)23(29)24-10-9-19-16-25-22-8-3-2-7-21(19)22/h2-8,15-16,25H,9-14H2,1H3,(H,24,29). The summed E-state index contributed by atoms with van der Waals surface area (Å²) in [7, 11) is -3.74. The molecular weight excluding hydrogens is 428 g/mol. The van der Waals surface area contributed by atoms with Crippen molar-refractivity contribution in [3.05, 3.63) is 65.9 Å². The Kier molecular flexibility index (Phi) is 6.29. The molecule has 2 heterocycles. The summed E-state index contributed by atoms with van der Waals surface area (Å²) >= 11 is 0. The maximum Gasteiger partial charge on any atom is 0.251 e. The minimum absolute atomic E-state index is 0.0617. The SMILES string of the molecule is CC(=O)N1CCN(S(=O)(=O)c2cccc(C(=O)NCCc3c[nH]c4ccccc34)c2)CC1. The van der Waals surface area contributed by atoms with Gasteiger partial charge in [0.05, 0.1) is 4.90 Å². The number of carbonyl (C=O) groups is 2. The number of nitrogens with zero attached hydrogens (tertiary/aromatic N) is 2. The van der Waals surface area contributed by atoms with Crippen LogP contribution in [0.3, 0.4) is 0 Å². The fourth-order valence-electron chi connectivity index (χ4n) is 3.94. The molecule has 3 aromatic rings. The maximum atomic E-state index is 13.0. The molecule has 4 rings (SSSR count). The molecule has 0 saturated carbocycles. The Labute approximate surface area is 187 Å². The number of para-hydroxylation sites is 1. The number of H-pyrrole nitrogens is 1. The van der Waals surface area contributed by atoms with E-state index in [1.165, 1.54) is 23.4 Å². The fraction of sp³-hybridized carbons (Fsp3) is 0.304. The van der Waals surface area contributed by atoms with Crippen LogP contribution < -0.4 is 5.32 Å². The first-order valence-corrected chi connectivity index (χ1v) is 12.0. The molecule has 8 nitrogen and oxygen atoms in total. The predicted octanol–water partition coefficient (Wildman–Crippen LogP) is 1.99. The Morgan fingerprint density at radius 2 is 1.78 bits per heavy atom. The van der Waals surface area contributed by atoms with Crippen LogP contribution in [0.5, 0.6) is 0 Å². The van der Waals surface area contributed by atoms with E-state index in [4.69, 9.17) is 0 Å². The van der Waals surface area contributed by atoms with Crippen LogP contribution in [-0.4, -0.2) is 67.1 Å². The zero-order valence-corrected chi connectivity index (χ0v) is 18.7. The number of carbonyl (C=O) groups excluding carboxylic acids is 2. The molecule has 0 radical (unpaired) electrons. The summed E-state index contributed by atoms with van der Waals surface area (Å²) in [6.45, 7) is 3.12. The number of rotatable bonds is 6. The van der Waals surface area contributed by atoms with Crippen LogP contribution in [0.1, 0.15) is 22.8 Å². The van der Waals surface area contributed by atoms with E-state index in [-0.39, 0.29) is 29.8 Å². The number of nitrogens with one attached hydrogen (secondary N) is 2. The summed E-state index contributed by atoms with van der Waals surface area (Å²) in [5, 5.41) is 4.00. The Morgan fingerprint density at radius 1 is 1.03 bits per heavy atom. The summed E-state index contributed by atoms with van der Waals surface area (Å²) in [5.74, 6) is -0.378. The van der Waals surface area contributed by atoms with Gasteiger partial charge >= 0.3 is 0 Å². The monoisotopic (exact) mass is 454 g/mol. The van der Waals surface area contributed by atoms with Crippen molar-refractivity contribution in [2.24, 2.45) is 0 Å². The number of piperazine rings is 1. The van der Waals surface area contributed by atoms with Gasteiger partial charge in [0.1, 0.15) is 0 Å². The number of benzene rings is 2. The molecule has 32 heavy (non-hydrogen) atoms. The van der Waals surface area contributed by atoms with Crippen LogP contribution in [0.25, 0.3) is 10.9 Å². The van der Waals surface area contributed by atoms with Crippen molar-refractivity contribution >= 4 is 32.7 Å². The minimum atomic E-state index is -3.74. The summed E-state index contributed by atoms with van der Waals surface area (Å²) < 4.78 is 27.4. The van der Waals surface area contributed by atoms with E-state index in [1.54, 1.807) is 17.0 Å². The van der Waals surface area contributed by atoms with Crippen LogP contribution in [0.4, 0.5) is 0 Å². The minimum Gasteiger partial charge on any atom is -0.361 e. The zero-order valence-electron chi connectivity index (χ0n) is 17.9. The van der Waals surface area contributed by atoms with Crippen LogP contribution >= 0.6 is 0 Å². The quantitative estimate of drug-likeness (QED) is 0.595. The number of hydrogen-bond acceptors (Lipinski definition) is 4. The van der Waals surface area contributed by atoms with Gasteiger partial charge in [0.25, 0.3) is 5.91 Å². The van der Waals surface area contributed by atoms with Crippen molar-refractivity contribution < 1.29 is 18.0 Å². The summed E-state index contributed by atoms with van der Waals surface area (Å²) in [5.41, 5.74) is 2.46. The molecule has 1 saturated heterocycles. The molecule has 0 aliphatic carbocycles. The second-order valence-electron chi connectivity index (χ2n) is 7.80. The molecule has 0 atom stereocenters. The van der Waals surface area contributed by atoms with E-state index in [1.807, 2.05) is 30.5 Å². The molecule has 0 spiro atoms. The summed E-state index contributed by atoms with van der Waals surface area (Å²) in [6.07, 6.45) is 2.60. The number of aromatic amines is 1. The highest BCUT2D eigenvalue weighted by atomic mass is 32.2. The Balaban J connectivity index is 1.39.